The van der Waals surface area contributed by atoms with E-state index in [-0.39, 0.29) is 12.5 Å². The van der Waals surface area contributed by atoms with Gasteiger partial charge in [0.1, 0.15) is 11.5 Å². The smallest absolute Gasteiger partial charge is 0.264 e. The molecular weight excluding hydrogens is 346 g/mol. The molecule has 24 heavy (non-hydrogen) atoms. The second-order valence-electron chi connectivity index (χ2n) is 4.85. The van der Waals surface area contributed by atoms with Crippen LogP contribution in [0.3, 0.4) is 0 Å². The standard InChI is InChI=1S/C16H15N3O3S2/c1-10-3-8-13(23-10)15-18-16(24-19-15)17-14(20)9-22-12-6-4-11(21-2)5-7-12/h3-8H,9H2,1-2H3,(H,17,18,19,20). The van der Waals surface area contributed by atoms with E-state index in [0.29, 0.717) is 16.7 Å². The normalized spacial score (nSPS) is 10.4. The molecule has 1 amide bonds. The topological polar surface area (TPSA) is 73.3 Å². The third-order valence-corrected chi connectivity index (χ3v) is 4.69. The minimum Gasteiger partial charge on any atom is -0.497 e. The predicted molar refractivity (Wildman–Crippen MR) is 95.1 cm³/mol. The summed E-state index contributed by atoms with van der Waals surface area (Å²) < 4.78 is 14.8. The largest absolute Gasteiger partial charge is 0.497 e. The van der Waals surface area contributed by atoms with E-state index in [2.05, 4.69) is 14.7 Å². The number of aromatic nitrogens is 2. The number of methoxy groups -OCH3 is 1. The second-order valence-corrected chi connectivity index (χ2v) is 6.89. The van der Waals surface area contributed by atoms with Crippen molar-refractivity contribution in [1.82, 2.24) is 9.36 Å². The SMILES string of the molecule is COc1ccc(OCC(=O)Nc2nc(-c3ccc(C)s3)ns2)cc1. The first-order valence-corrected chi connectivity index (χ1v) is 8.70. The zero-order chi connectivity index (χ0) is 16.9. The van der Waals surface area contributed by atoms with E-state index >= 15 is 0 Å². The Morgan fingerprint density at radius 1 is 1.17 bits per heavy atom. The molecule has 0 radical (unpaired) electrons. The summed E-state index contributed by atoms with van der Waals surface area (Å²) in [6.07, 6.45) is 0. The van der Waals surface area contributed by atoms with Crippen molar-refractivity contribution in [2.45, 2.75) is 6.92 Å². The molecule has 0 fully saturated rings. The highest BCUT2D eigenvalue weighted by molar-refractivity contribution is 7.15. The van der Waals surface area contributed by atoms with Crippen molar-refractivity contribution in [3.05, 3.63) is 41.3 Å². The van der Waals surface area contributed by atoms with Gasteiger partial charge >= 0.3 is 0 Å². The van der Waals surface area contributed by atoms with Crippen LogP contribution in [0.1, 0.15) is 4.88 Å². The van der Waals surface area contributed by atoms with Crippen LogP contribution in [0.15, 0.2) is 36.4 Å². The van der Waals surface area contributed by atoms with Crippen LogP contribution < -0.4 is 14.8 Å². The number of amides is 1. The summed E-state index contributed by atoms with van der Waals surface area (Å²) >= 11 is 2.77. The van der Waals surface area contributed by atoms with Crippen LogP contribution in [0.2, 0.25) is 0 Å². The molecule has 0 unspecified atom stereocenters. The molecular formula is C16H15N3O3S2. The molecule has 0 aliphatic rings. The number of nitrogens with one attached hydrogen (secondary N) is 1. The quantitative estimate of drug-likeness (QED) is 0.726. The third kappa shape index (κ3) is 4.09. The first-order chi connectivity index (χ1) is 11.6. The maximum absolute atomic E-state index is 11.9. The Kier molecular flexibility index (Phi) is 5.07. The van der Waals surface area contributed by atoms with Gasteiger partial charge in [0.15, 0.2) is 12.4 Å². The third-order valence-electron chi connectivity index (χ3n) is 3.06. The summed E-state index contributed by atoms with van der Waals surface area (Å²) in [7, 11) is 1.59. The fraction of sp³-hybridized carbons (Fsp3) is 0.188. The highest BCUT2D eigenvalue weighted by Gasteiger charge is 2.11. The molecule has 3 aromatic rings. The molecule has 0 aliphatic heterocycles. The molecule has 8 heteroatoms. The minimum absolute atomic E-state index is 0.0979. The Morgan fingerprint density at radius 2 is 1.92 bits per heavy atom. The van der Waals surface area contributed by atoms with Crippen molar-refractivity contribution < 1.29 is 14.3 Å². The van der Waals surface area contributed by atoms with Gasteiger partial charge in [0.25, 0.3) is 5.91 Å². The molecule has 2 heterocycles. The molecule has 0 saturated carbocycles. The Balaban J connectivity index is 1.54. The number of thiophene rings is 1. The summed E-state index contributed by atoms with van der Waals surface area (Å²) in [5.74, 6) is 1.68. The molecule has 0 bridgehead atoms. The van der Waals surface area contributed by atoms with Crippen molar-refractivity contribution in [3.63, 3.8) is 0 Å². The van der Waals surface area contributed by atoms with Gasteiger partial charge in [-0.3, -0.25) is 10.1 Å². The van der Waals surface area contributed by atoms with Gasteiger partial charge in [-0.2, -0.15) is 9.36 Å². The average Bonchev–Trinajstić information content (AvgIpc) is 3.22. The monoisotopic (exact) mass is 361 g/mol. The minimum atomic E-state index is -0.282. The summed E-state index contributed by atoms with van der Waals surface area (Å²) in [4.78, 5) is 18.4. The van der Waals surface area contributed by atoms with E-state index in [9.17, 15) is 4.79 Å². The van der Waals surface area contributed by atoms with Crippen LogP contribution >= 0.6 is 22.9 Å². The lowest BCUT2D eigenvalue weighted by molar-refractivity contribution is -0.118. The average molecular weight is 361 g/mol. The number of nitrogens with zero attached hydrogens (tertiary/aromatic N) is 2. The van der Waals surface area contributed by atoms with Gasteiger partial charge in [0.05, 0.1) is 12.0 Å². The molecule has 3 rings (SSSR count). The zero-order valence-corrected chi connectivity index (χ0v) is 14.7. The van der Waals surface area contributed by atoms with Gasteiger partial charge in [-0.15, -0.1) is 11.3 Å². The summed E-state index contributed by atoms with van der Waals surface area (Å²) in [6, 6.07) is 11.0. The highest BCUT2D eigenvalue weighted by Crippen LogP contribution is 2.27. The van der Waals surface area contributed by atoms with Crippen molar-refractivity contribution in [1.29, 1.82) is 0 Å². The first-order valence-electron chi connectivity index (χ1n) is 7.11. The number of rotatable bonds is 6. The van der Waals surface area contributed by atoms with Gasteiger partial charge in [-0.05, 0) is 43.3 Å². The molecule has 124 valence electrons. The van der Waals surface area contributed by atoms with E-state index < -0.39 is 0 Å². The number of aryl methyl sites for hydroxylation is 1. The van der Waals surface area contributed by atoms with Crippen molar-refractivity contribution in [2.75, 3.05) is 19.0 Å². The van der Waals surface area contributed by atoms with E-state index in [4.69, 9.17) is 9.47 Å². The number of carbonyl (C=O) groups excluding carboxylic acids is 1. The van der Waals surface area contributed by atoms with E-state index in [1.54, 1.807) is 42.7 Å². The highest BCUT2D eigenvalue weighted by atomic mass is 32.1. The zero-order valence-electron chi connectivity index (χ0n) is 13.1. The molecule has 0 aliphatic carbocycles. The number of ether oxygens (including phenoxy) is 2. The molecule has 1 aromatic carbocycles. The number of anilines is 1. The Morgan fingerprint density at radius 3 is 2.58 bits per heavy atom. The molecule has 2 aromatic heterocycles. The Hall–Kier alpha value is -2.45. The summed E-state index contributed by atoms with van der Waals surface area (Å²) in [5, 5.41) is 3.15. The van der Waals surface area contributed by atoms with Gasteiger partial charge in [0, 0.05) is 16.4 Å². The van der Waals surface area contributed by atoms with Gasteiger partial charge in [-0.1, -0.05) is 0 Å². The Bertz CT molecular complexity index is 827. The van der Waals surface area contributed by atoms with Crippen molar-refractivity contribution >= 4 is 33.9 Å². The van der Waals surface area contributed by atoms with Crippen LogP contribution in [0, 0.1) is 6.92 Å². The lowest BCUT2D eigenvalue weighted by Gasteiger charge is -2.06. The Labute approximate surface area is 147 Å². The maximum atomic E-state index is 11.9. The number of benzene rings is 1. The number of hydrogen-bond acceptors (Lipinski definition) is 7. The lowest BCUT2D eigenvalue weighted by atomic mass is 10.3. The van der Waals surface area contributed by atoms with Crippen LogP contribution in [0.4, 0.5) is 5.13 Å². The van der Waals surface area contributed by atoms with Crippen LogP contribution in [0.25, 0.3) is 10.7 Å². The van der Waals surface area contributed by atoms with Crippen molar-refractivity contribution in [3.8, 4) is 22.2 Å². The van der Waals surface area contributed by atoms with Gasteiger partial charge < -0.3 is 9.47 Å². The van der Waals surface area contributed by atoms with E-state index in [1.807, 2.05) is 19.1 Å². The van der Waals surface area contributed by atoms with Crippen LogP contribution in [0.5, 0.6) is 11.5 Å². The fourth-order valence-electron chi connectivity index (χ4n) is 1.91. The number of hydrogen-bond donors (Lipinski definition) is 1. The molecule has 0 spiro atoms. The first kappa shape index (κ1) is 16.4. The molecule has 1 N–H and O–H groups in total. The lowest BCUT2D eigenvalue weighted by Crippen LogP contribution is -2.20. The fourth-order valence-corrected chi connectivity index (χ4v) is 3.36. The second kappa shape index (κ2) is 7.41. The molecule has 0 saturated heterocycles. The van der Waals surface area contributed by atoms with Crippen molar-refractivity contribution in [2.24, 2.45) is 0 Å². The predicted octanol–water partition coefficient (Wildman–Crippen LogP) is 3.60. The maximum Gasteiger partial charge on any atom is 0.264 e. The van der Waals surface area contributed by atoms with E-state index in [1.165, 1.54) is 4.88 Å². The molecule has 0 atom stereocenters. The van der Waals surface area contributed by atoms with Crippen LogP contribution in [-0.2, 0) is 4.79 Å². The summed E-state index contributed by atoms with van der Waals surface area (Å²) in [6.45, 7) is 1.93. The molecule has 6 nitrogen and oxygen atoms in total. The number of carbonyl (C=O) groups is 1. The van der Waals surface area contributed by atoms with E-state index in [0.717, 1.165) is 22.2 Å². The van der Waals surface area contributed by atoms with Crippen LogP contribution in [-0.4, -0.2) is 29.0 Å². The van der Waals surface area contributed by atoms with Gasteiger partial charge in [-0.25, -0.2) is 0 Å². The van der Waals surface area contributed by atoms with Gasteiger partial charge in [0.2, 0.25) is 5.13 Å². The summed E-state index contributed by atoms with van der Waals surface area (Å²) in [5.41, 5.74) is 0.